The zero-order valence-corrected chi connectivity index (χ0v) is 20.7. The lowest BCUT2D eigenvalue weighted by Crippen LogP contribution is -2.49. The molecule has 5 heteroatoms. The Bertz CT molecular complexity index is 1180. The average molecular weight is 467 g/mol. The summed E-state index contributed by atoms with van der Waals surface area (Å²) in [6.07, 6.45) is 0.741. The van der Waals surface area contributed by atoms with Crippen molar-refractivity contribution in [2.24, 2.45) is 5.10 Å². The summed E-state index contributed by atoms with van der Waals surface area (Å²) in [7, 11) is 0. The lowest BCUT2D eigenvalue weighted by atomic mass is 9.94. The first-order chi connectivity index (χ1) is 17.1. The number of hydrogen-bond donors (Lipinski definition) is 0. The van der Waals surface area contributed by atoms with Gasteiger partial charge in [0, 0.05) is 39.1 Å². The molecule has 0 bridgehead atoms. The van der Waals surface area contributed by atoms with E-state index in [2.05, 4.69) is 84.3 Å². The molecule has 1 amide bonds. The first-order valence-corrected chi connectivity index (χ1v) is 12.6. The number of carbonyl (C=O) groups excluding carboxylic acids is 1. The predicted octanol–water partition coefficient (Wildman–Crippen LogP) is 4.80. The summed E-state index contributed by atoms with van der Waals surface area (Å²) in [4.78, 5) is 18.4. The maximum Gasteiger partial charge on any atom is 0.257 e. The van der Waals surface area contributed by atoms with E-state index in [1.54, 1.807) is 5.01 Å². The Morgan fingerprint density at radius 2 is 1.51 bits per heavy atom. The molecule has 35 heavy (non-hydrogen) atoms. The van der Waals surface area contributed by atoms with Crippen LogP contribution in [0.25, 0.3) is 0 Å². The first kappa shape index (κ1) is 23.5. The van der Waals surface area contributed by atoms with Gasteiger partial charge in [0.1, 0.15) is 0 Å². The number of nitrogens with zero attached hydrogens (tertiary/aromatic N) is 4. The second-order valence-electron chi connectivity index (χ2n) is 9.77. The smallest absolute Gasteiger partial charge is 0.257 e. The summed E-state index contributed by atoms with van der Waals surface area (Å²) in [6.45, 7) is 9.36. The van der Waals surface area contributed by atoms with E-state index in [0.717, 1.165) is 50.4 Å². The van der Waals surface area contributed by atoms with Crippen LogP contribution in [-0.4, -0.2) is 59.2 Å². The van der Waals surface area contributed by atoms with Crippen molar-refractivity contribution in [2.45, 2.75) is 32.9 Å². The Hall–Kier alpha value is -3.28. The van der Waals surface area contributed by atoms with Crippen molar-refractivity contribution >= 4 is 11.6 Å². The van der Waals surface area contributed by atoms with Crippen molar-refractivity contribution < 1.29 is 4.79 Å². The van der Waals surface area contributed by atoms with Crippen LogP contribution >= 0.6 is 0 Å². The van der Waals surface area contributed by atoms with Crippen molar-refractivity contribution in [1.29, 1.82) is 0 Å². The molecule has 3 aromatic carbocycles. The summed E-state index contributed by atoms with van der Waals surface area (Å²) >= 11 is 0. The minimum Gasteiger partial charge on any atom is -0.297 e. The molecular formula is C30H34N4O. The van der Waals surface area contributed by atoms with E-state index in [-0.39, 0.29) is 11.9 Å². The molecule has 2 heterocycles. The molecule has 0 aliphatic carbocycles. The van der Waals surface area contributed by atoms with Gasteiger partial charge in [-0.15, -0.1) is 0 Å². The van der Waals surface area contributed by atoms with Gasteiger partial charge in [0.05, 0.1) is 18.3 Å². The van der Waals surface area contributed by atoms with Gasteiger partial charge in [-0.05, 0) is 36.1 Å². The van der Waals surface area contributed by atoms with Gasteiger partial charge in [0.25, 0.3) is 5.91 Å². The number of piperazine rings is 1. The maximum absolute atomic E-state index is 13.6. The SMILES string of the molecule is Cc1ccc(C)c([C@H]2CC(c3ccccc3)=NN2C(=O)CN2CCN(Cc3ccccc3)CC2)c1. The Morgan fingerprint density at radius 3 is 2.23 bits per heavy atom. The Balaban J connectivity index is 1.29. The number of rotatable bonds is 6. The van der Waals surface area contributed by atoms with Crippen LogP contribution in [-0.2, 0) is 11.3 Å². The average Bonchev–Trinajstić information content (AvgIpc) is 3.33. The highest BCUT2D eigenvalue weighted by molar-refractivity contribution is 6.03. The van der Waals surface area contributed by atoms with Crippen LogP contribution < -0.4 is 0 Å². The fourth-order valence-corrected chi connectivity index (χ4v) is 5.12. The molecule has 2 aliphatic rings. The van der Waals surface area contributed by atoms with Crippen LogP contribution in [0.4, 0.5) is 0 Å². The largest absolute Gasteiger partial charge is 0.297 e. The Morgan fingerprint density at radius 1 is 0.857 bits per heavy atom. The zero-order chi connectivity index (χ0) is 24.2. The van der Waals surface area contributed by atoms with Gasteiger partial charge in [0.2, 0.25) is 0 Å². The van der Waals surface area contributed by atoms with Crippen LogP contribution in [0.15, 0.2) is 84.0 Å². The maximum atomic E-state index is 13.6. The number of hydrazone groups is 1. The van der Waals surface area contributed by atoms with Crippen molar-refractivity contribution in [3.63, 3.8) is 0 Å². The molecule has 1 atom stereocenters. The van der Waals surface area contributed by atoms with Crippen molar-refractivity contribution in [3.05, 3.63) is 107 Å². The van der Waals surface area contributed by atoms with Gasteiger partial charge in [0.15, 0.2) is 0 Å². The van der Waals surface area contributed by atoms with Crippen LogP contribution in [0.3, 0.4) is 0 Å². The molecule has 0 N–H and O–H groups in total. The standard InChI is InChI=1S/C30H34N4O/c1-23-13-14-24(2)27(19-23)29-20-28(26-11-7-4-8-12-26)31-34(29)30(35)22-33-17-15-32(16-18-33)21-25-9-5-3-6-10-25/h3-14,19,29H,15-18,20-22H2,1-2H3/t29-/m1/s1. The summed E-state index contributed by atoms with van der Waals surface area (Å²) in [6, 6.07) is 27.3. The molecule has 0 aromatic heterocycles. The van der Waals surface area contributed by atoms with Gasteiger partial charge in [-0.3, -0.25) is 14.6 Å². The summed E-state index contributed by atoms with van der Waals surface area (Å²) in [5.74, 6) is 0.0818. The van der Waals surface area contributed by atoms with Crippen LogP contribution in [0.2, 0.25) is 0 Å². The number of amides is 1. The quantitative estimate of drug-likeness (QED) is 0.524. The third-order valence-electron chi connectivity index (χ3n) is 7.14. The normalized spacial score (nSPS) is 19.1. The second kappa shape index (κ2) is 10.5. The fourth-order valence-electron chi connectivity index (χ4n) is 5.12. The molecule has 0 unspecified atom stereocenters. The lowest BCUT2D eigenvalue weighted by molar-refractivity contribution is -0.134. The molecule has 5 rings (SSSR count). The molecule has 2 aliphatic heterocycles. The number of carbonyl (C=O) groups is 1. The number of hydrogen-bond acceptors (Lipinski definition) is 4. The van der Waals surface area contributed by atoms with Crippen molar-refractivity contribution in [2.75, 3.05) is 32.7 Å². The second-order valence-corrected chi connectivity index (χ2v) is 9.77. The molecule has 3 aromatic rings. The van der Waals surface area contributed by atoms with E-state index in [0.29, 0.717) is 6.54 Å². The molecule has 0 radical (unpaired) electrons. The predicted molar refractivity (Wildman–Crippen MR) is 141 cm³/mol. The van der Waals surface area contributed by atoms with Crippen LogP contribution in [0.1, 0.15) is 40.3 Å². The first-order valence-electron chi connectivity index (χ1n) is 12.6. The molecule has 0 saturated carbocycles. The van der Waals surface area contributed by atoms with Gasteiger partial charge in [-0.2, -0.15) is 5.10 Å². The van der Waals surface area contributed by atoms with Gasteiger partial charge in [-0.1, -0.05) is 84.4 Å². The molecule has 5 nitrogen and oxygen atoms in total. The Kier molecular flexibility index (Phi) is 7.07. The van der Waals surface area contributed by atoms with E-state index in [1.807, 2.05) is 18.2 Å². The van der Waals surface area contributed by atoms with E-state index in [9.17, 15) is 4.79 Å². The highest BCUT2D eigenvalue weighted by Crippen LogP contribution is 2.35. The summed E-state index contributed by atoms with van der Waals surface area (Å²) in [5.41, 5.74) is 7.03. The highest BCUT2D eigenvalue weighted by Gasteiger charge is 2.35. The zero-order valence-electron chi connectivity index (χ0n) is 20.7. The van der Waals surface area contributed by atoms with Crippen molar-refractivity contribution in [1.82, 2.24) is 14.8 Å². The highest BCUT2D eigenvalue weighted by atomic mass is 16.2. The van der Waals surface area contributed by atoms with E-state index < -0.39 is 0 Å². The fraction of sp³-hybridized carbons (Fsp3) is 0.333. The minimum atomic E-state index is -0.0584. The van der Waals surface area contributed by atoms with Crippen LogP contribution in [0.5, 0.6) is 0 Å². The van der Waals surface area contributed by atoms with Gasteiger partial charge >= 0.3 is 0 Å². The minimum absolute atomic E-state index is 0.0584. The number of benzene rings is 3. The van der Waals surface area contributed by atoms with Crippen LogP contribution in [0, 0.1) is 13.8 Å². The van der Waals surface area contributed by atoms with Gasteiger partial charge < -0.3 is 0 Å². The third kappa shape index (κ3) is 5.53. The monoisotopic (exact) mass is 466 g/mol. The van der Waals surface area contributed by atoms with E-state index in [1.165, 1.54) is 22.3 Å². The van der Waals surface area contributed by atoms with E-state index in [4.69, 9.17) is 5.10 Å². The molecule has 1 saturated heterocycles. The number of aryl methyl sites for hydroxylation is 2. The molecule has 1 fully saturated rings. The lowest BCUT2D eigenvalue weighted by Gasteiger charge is -2.35. The molecule has 180 valence electrons. The van der Waals surface area contributed by atoms with Crippen molar-refractivity contribution in [3.8, 4) is 0 Å². The molecular weight excluding hydrogens is 432 g/mol. The Labute approximate surface area is 208 Å². The van der Waals surface area contributed by atoms with Gasteiger partial charge in [-0.25, -0.2) is 5.01 Å². The third-order valence-corrected chi connectivity index (χ3v) is 7.14. The topological polar surface area (TPSA) is 39.2 Å². The van der Waals surface area contributed by atoms with E-state index >= 15 is 0 Å². The molecule has 0 spiro atoms. The summed E-state index contributed by atoms with van der Waals surface area (Å²) in [5, 5.41) is 6.65. The summed E-state index contributed by atoms with van der Waals surface area (Å²) < 4.78 is 0.